The highest BCUT2D eigenvalue weighted by atomic mass is 16.4. The Hall–Kier alpha value is -2.56. The Morgan fingerprint density at radius 2 is 1.84 bits per heavy atom. The van der Waals surface area contributed by atoms with Crippen LogP contribution in [0.1, 0.15) is 47.0 Å². The molecule has 0 spiro atoms. The largest absolute Gasteiger partial charge is 0.481 e. The van der Waals surface area contributed by atoms with Crippen LogP contribution in [-0.4, -0.2) is 35.0 Å². The fraction of sp³-hybridized carbons (Fsp3) is 0.400. The molecule has 0 unspecified atom stereocenters. The highest BCUT2D eigenvalue weighted by Crippen LogP contribution is 2.35. The smallest absolute Gasteiger partial charge is 0.311 e. The Labute approximate surface area is 147 Å². The zero-order valence-corrected chi connectivity index (χ0v) is 14.6. The first kappa shape index (κ1) is 17.3. The van der Waals surface area contributed by atoms with Crippen molar-refractivity contribution in [1.29, 1.82) is 0 Å². The fourth-order valence-electron chi connectivity index (χ4n) is 3.54. The van der Waals surface area contributed by atoms with Crippen molar-refractivity contribution in [3.8, 4) is 0 Å². The third kappa shape index (κ3) is 3.45. The summed E-state index contributed by atoms with van der Waals surface area (Å²) in [5.74, 6) is -0.886. The molecule has 0 saturated carbocycles. The first-order chi connectivity index (χ1) is 11.9. The summed E-state index contributed by atoms with van der Waals surface area (Å²) in [4.78, 5) is 25.7. The molecule has 2 heterocycles. The van der Waals surface area contributed by atoms with Crippen LogP contribution in [0.5, 0.6) is 0 Å². The highest BCUT2D eigenvalue weighted by Gasteiger charge is 2.35. The van der Waals surface area contributed by atoms with Gasteiger partial charge >= 0.3 is 5.97 Å². The lowest BCUT2D eigenvalue weighted by atomic mass is 9.74. The number of benzene rings is 1. The summed E-state index contributed by atoms with van der Waals surface area (Å²) in [7, 11) is 0. The monoisotopic (exact) mass is 341 g/mol. The Kier molecular flexibility index (Phi) is 4.66. The summed E-state index contributed by atoms with van der Waals surface area (Å²) in [6.45, 7) is 5.33. The average Bonchev–Trinajstić information content (AvgIpc) is 2.95. The van der Waals surface area contributed by atoms with Gasteiger partial charge in [0.05, 0.1) is 11.8 Å². The number of hydrogen-bond acceptors (Lipinski definition) is 3. The van der Waals surface area contributed by atoms with Crippen LogP contribution < -0.4 is 0 Å². The summed E-state index contributed by atoms with van der Waals surface area (Å²) in [6.07, 6.45) is 2.95. The number of carbonyl (C=O) groups is 2. The maximum Gasteiger partial charge on any atom is 0.311 e. The minimum atomic E-state index is -1.00. The molecule has 2 aromatic rings. The predicted molar refractivity (Wildman–Crippen MR) is 93.7 cm³/mol. The Bertz CT molecular complexity index is 770. The van der Waals surface area contributed by atoms with Gasteiger partial charge in [-0.1, -0.05) is 37.3 Å². The lowest BCUT2D eigenvalue weighted by Gasteiger charge is -2.40. The van der Waals surface area contributed by atoms with Gasteiger partial charge in [-0.3, -0.25) is 9.59 Å². The van der Waals surface area contributed by atoms with Crippen molar-refractivity contribution in [2.75, 3.05) is 13.1 Å². The molecule has 1 amide bonds. The first-order valence-electron chi connectivity index (χ1n) is 8.54. The summed E-state index contributed by atoms with van der Waals surface area (Å²) >= 11 is 0. The Morgan fingerprint density at radius 1 is 1.20 bits per heavy atom. The van der Waals surface area contributed by atoms with E-state index in [-0.39, 0.29) is 23.5 Å². The van der Waals surface area contributed by atoms with Crippen LogP contribution in [0, 0.1) is 6.92 Å². The molecule has 0 atom stereocenters. The van der Waals surface area contributed by atoms with E-state index < -0.39 is 5.97 Å². The number of piperidine rings is 1. The van der Waals surface area contributed by atoms with E-state index in [2.05, 4.69) is 19.1 Å². The predicted octanol–water partition coefficient (Wildman–Crippen LogP) is 3.41. The van der Waals surface area contributed by atoms with E-state index in [0.29, 0.717) is 24.2 Å². The molecule has 1 fully saturated rings. The molecular formula is C20H23NO4. The van der Waals surface area contributed by atoms with Crippen molar-refractivity contribution in [1.82, 2.24) is 4.90 Å². The Morgan fingerprint density at radius 3 is 2.44 bits per heavy atom. The third-order valence-electron chi connectivity index (χ3n) is 5.20. The van der Waals surface area contributed by atoms with E-state index in [9.17, 15) is 9.59 Å². The molecule has 0 aliphatic carbocycles. The standard InChI is InChI=1S/C20H23NO4/c1-14-13-25-16(12-17(22)23)18(14)19(24)21-10-8-20(2,9-11-21)15-6-4-3-5-7-15/h3-7,13H,8-12H2,1-2H3,(H,22,23). The number of rotatable bonds is 4. The number of hydrogen-bond donors (Lipinski definition) is 1. The maximum atomic E-state index is 12.9. The van der Waals surface area contributed by atoms with Gasteiger partial charge in [0.15, 0.2) is 0 Å². The topological polar surface area (TPSA) is 70.7 Å². The van der Waals surface area contributed by atoms with E-state index in [1.165, 1.54) is 11.8 Å². The molecule has 132 valence electrons. The summed E-state index contributed by atoms with van der Waals surface area (Å²) in [6, 6.07) is 10.4. The fourth-order valence-corrected chi connectivity index (χ4v) is 3.54. The second kappa shape index (κ2) is 6.75. The van der Waals surface area contributed by atoms with Crippen LogP contribution in [0.15, 0.2) is 41.0 Å². The molecule has 1 N–H and O–H groups in total. The molecule has 1 aliphatic rings. The van der Waals surface area contributed by atoms with Crippen molar-refractivity contribution in [3.63, 3.8) is 0 Å². The quantitative estimate of drug-likeness (QED) is 0.925. The average molecular weight is 341 g/mol. The van der Waals surface area contributed by atoms with E-state index in [4.69, 9.17) is 9.52 Å². The normalized spacial score (nSPS) is 16.6. The maximum absolute atomic E-state index is 12.9. The molecule has 3 rings (SSSR count). The van der Waals surface area contributed by atoms with Gasteiger partial charge in [0, 0.05) is 18.7 Å². The number of carbonyl (C=O) groups excluding carboxylic acids is 1. The zero-order chi connectivity index (χ0) is 18.0. The molecule has 5 heteroatoms. The highest BCUT2D eigenvalue weighted by molar-refractivity contribution is 5.97. The van der Waals surface area contributed by atoms with Gasteiger partial charge in [0.25, 0.3) is 5.91 Å². The first-order valence-corrected chi connectivity index (χ1v) is 8.54. The van der Waals surface area contributed by atoms with E-state index in [1.54, 1.807) is 6.92 Å². The summed E-state index contributed by atoms with van der Waals surface area (Å²) in [5.41, 5.74) is 2.46. The third-order valence-corrected chi connectivity index (χ3v) is 5.20. The molecule has 0 bridgehead atoms. The van der Waals surface area contributed by atoms with E-state index in [1.807, 2.05) is 23.1 Å². The molecule has 1 aromatic carbocycles. The molecule has 0 radical (unpaired) electrons. The van der Waals surface area contributed by atoms with Crippen LogP contribution in [0.4, 0.5) is 0 Å². The second-order valence-electron chi connectivity index (χ2n) is 7.01. The number of furan rings is 1. The van der Waals surface area contributed by atoms with Crippen LogP contribution in [-0.2, 0) is 16.6 Å². The van der Waals surface area contributed by atoms with Crippen molar-refractivity contribution in [3.05, 3.63) is 59.0 Å². The second-order valence-corrected chi connectivity index (χ2v) is 7.01. The zero-order valence-electron chi connectivity index (χ0n) is 14.6. The molecule has 1 aromatic heterocycles. The number of aliphatic carboxylic acids is 1. The van der Waals surface area contributed by atoms with Gasteiger partial charge in [0.1, 0.15) is 12.2 Å². The van der Waals surface area contributed by atoms with Gasteiger partial charge < -0.3 is 14.4 Å². The molecular weight excluding hydrogens is 318 g/mol. The molecule has 1 saturated heterocycles. The van der Waals surface area contributed by atoms with Gasteiger partial charge in [-0.05, 0) is 30.7 Å². The summed E-state index contributed by atoms with van der Waals surface area (Å²) < 4.78 is 5.30. The number of carboxylic acids is 1. The lowest BCUT2D eigenvalue weighted by Crippen LogP contribution is -2.44. The van der Waals surface area contributed by atoms with Crippen LogP contribution in [0.25, 0.3) is 0 Å². The summed E-state index contributed by atoms with van der Waals surface area (Å²) in [5, 5.41) is 9.00. The van der Waals surface area contributed by atoms with Crippen LogP contribution in [0.3, 0.4) is 0 Å². The number of carboxylic acid groups (broad SMARTS) is 1. The van der Waals surface area contributed by atoms with Gasteiger partial charge in [-0.2, -0.15) is 0 Å². The van der Waals surface area contributed by atoms with E-state index >= 15 is 0 Å². The van der Waals surface area contributed by atoms with Crippen molar-refractivity contribution in [2.24, 2.45) is 0 Å². The van der Waals surface area contributed by atoms with Crippen molar-refractivity contribution in [2.45, 2.75) is 38.5 Å². The van der Waals surface area contributed by atoms with Crippen LogP contribution in [0.2, 0.25) is 0 Å². The molecule has 25 heavy (non-hydrogen) atoms. The van der Waals surface area contributed by atoms with Gasteiger partial charge in [0.2, 0.25) is 0 Å². The minimum Gasteiger partial charge on any atom is -0.481 e. The number of aryl methyl sites for hydroxylation is 1. The SMILES string of the molecule is Cc1coc(CC(=O)O)c1C(=O)N1CCC(C)(c2ccccc2)CC1. The number of likely N-dealkylation sites (tertiary alicyclic amines) is 1. The molecule has 1 aliphatic heterocycles. The van der Waals surface area contributed by atoms with Crippen molar-refractivity contribution < 1.29 is 19.1 Å². The van der Waals surface area contributed by atoms with E-state index in [0.717, 1.165) is 12.8 Å². The molecule has 5 nitrogen and oxygen atoms in total. The van der Waals surface area contributed by atoms with Gasteiger partial charge in [-0.25, -0.2) is 0 Å². The van der Waals surface area contributed by atoms with Crippen LogP contribution >= 0.6 is 0 Å². The van der Waals surface area contributed by atoms with Gasteiger partial charge in [-0.15, -0.1) is 0 Å². The minimum absolute atomic E-state index is 0.0629. The number of nitrogens with zero attached hydrogens (tertiary/aromatic N) is 1. The van der Waals surface area contributed by atoms with Crippen molar-refractivity contribution >= 4 is 11.9 Å². The Balaban J connectivity index is 1.74. The number of amides is 1. The lowest BCUT2D eigenvalue weighted by molar-refractivity contribution is -0.136.